The molecule has 6 heteroatoms. The van der Waals surface area contributed by atoms with Crippen LogP contribution in [-0.4, -0.2) is 40.0 Å². The van der Waals surface area contributed by atoms with Gasteiger partial charge >= 0.3 is 17.8 Å². The zero-order valence-electron chi connectivity index (χ0n) is 15.4. The third kappa shape index (κ3) is 3.38. The van der Waals surface area contributed by atoms with Gasteiger partial charge in [-0.3, -0.25) is 14.4 Å². The molecule has 0 saturated carbocycles. The highest BCUT2D eigenvalue weighted by atomic mass is 16.2. The third-order valence-electron chi connectivity index (χ3n) is 4.88. The van der Waals surface area contributed by atoms with Crippen LogP contribution in [0.4, 0.5) is 4.79 Å². The van der Waals surface area contributed by atoms with Crippen LogP contribution < -0.4 is 0 Å². The normalized spacial score (nSPS) is 15.4. The Kier molecular flexibility index (Phi) is 4.90. The number of imide groups is 2. The molecule has 2 aromatic carbocycles. The summed E-state index contributed by atoms with van der Waals surface area (Å²) in [6.07, 6.45) is 0. The van der Waals surface area contributed by atoms with Crippen molar-refractivity contribution in [3.05, 3.63) is 70.8 Å². The van der Waals surface area contributed by atoms with Crippen molar-refractivity contribution in [2.45, 2.75) is 26.8 Å². The quantitative estimate of drug-likeness (QED) is 0.464. The Hall–Kier alpha value is -3.28. The van der Waals surface area contributed by atoms with Gasteiger partial charge in [0.15, 0.2) is 5.78 Å². The number of carbonyl (C=O) groups excluding carboxylic acids is 4. The van der Waals surface area contributed by atoms with Crippen LogP contribution in [0.3, 0.4) is 0 Å². The zero-order chi connectivity index (χ0) is 19.7. The van der Waals surface area contributed by atoms with Gasteiger partial charge in [0.05, 0.1) is 12.6 Å². The predicted molar refractivity (Wildman–Crippen MR) is 99.1 cm³/mol. The van der Waals surface area contributed by atoms with Gasteiger partial charge in [0.25, 0.3) is 0 Å². The van der Waals surface area contributed by atoms with Gasteiger partial charge in [0.2, 0.25) is 0 Å². The van der Waals surface area contributed by atoms with Crippen LogP contribution in [0.15, 0.2) is 48.5 Å². The van der Waals surface area contributed by atoms with Crippen LogP contribution in [-0.2, 0) is 9.59 Å². The number of rotatable bonds is 5. The van der Waals surface area contributed by atoms with Crippen molar-refractivity contribution in [1.29, 1.82) is 0 Å². The molecule has 0 aliphatic carbocycles. The van der Waals surface area contributed by atoms with Crippen molar-refractivity contribution >= 4 is 23.6 Å². The third-order valence-corrected chi connectivity index (χ3v) is 4.88. The number of aryl methyl sites for hydroxylation is 2. The lowest BCUT2D eigenvalue weighted by Crippen LogP contribution is -2.37. The number of hydrogen-bond acceptors (Lipinski definition) is 4. The van der Waals surface area contributed by atoms with E-state index in [0.29, 0.717) is 5.56 Å². The number of benzene rings is 2. The number of amides is 4. The minimum Gasteiger partial charge on any atom is -0.292 e. The molecule has 1 saturated heterocycles. The molecule has 1 unspecified atom stereocenters. The van der Waals surface area contributed by atoms with Gasteiger partial charge in [0, 0.05) is 5.56 Å². The SMILES string of the molecule is Cc1ccc(C(=O)CN2C(=O)C(=O)N(C(C)c3ccccc3)C2=O)cc1C. The van der Waals surface area contributed by atoms with Crippen molar-refractivity contribution < 1.29 is 19.2 Å². The van der Waals surface area contributed by atoms with Gasteiger partial charge < -0.3 is 0 Å². The molecule has 3 rings (SSSR count). The van der Waals surface area contributed by atoms with Crippen molar-refractivity contribution in [2.24, 2.45) is 0 Å². The predicted octanol–water partition coefficient (Wildman–Crippen LogP) is 3.04. The summed E-state index contributed by atoms with van der Waals surface area (Å²) in [4.78, 5) is 51.5. The van der Waals surface area contributed by atoms with Crippen molar-refractivity contribution in [1.82, 2.24) is 9.80 Å². The van der Waals surface area contributed by atoms with Crippen molar-refractivity contribution in [3.63, 3.8) is 0 Å². The second kappa shape index (κ2) is 7.15. The summed E-state index contributed by atoms with van der Waals surface area (Å²) in [6.45, 7) is 5.03. The van der Waals surface area contributed by atoms with Gasteiger partial charge in [-0.2, -0.15) is 0 Å². The first-order valence-electron chi connectivity index (χ1n) is 8.65. The Morgan fingerprint density at radius 1 is 0.926 bits per heavy atom. The number of Topliss-reactive ketones (excluding diaryl/α,β-unsaturated/α-hetero) is 1. The monoisotopic (exact) mass is 364 g/mol. The van der Waals surface area contributed by atoms with E-state index < -0.39 is 30.4 Å². The molecular weight excluding hydrogens is 344 g/mol. The molecule has 0 aromatic heterocycles. The maximum atomic E-state index is 12.7. The van der Waals surface area contributed by atoms with Gasteiger partial charge in [0.1, 0.15) is 0 Å². The lowest BCUT2D eigenvalue weighted by atomic mass is 10.0. The van der Waals surface area contributed by atoms with E-state index in [4.69, 9.17) is 0 Å². The highest BCUT2D eigenvalue weighted by Crippen LogP contribution is 2.26. The number of hydrogen-bond donors (Lipinski definition) is 0. The topological polar surface area (TPSA) is 74.8 Å². The number of urea groups is 1. The molecule has 138 valence electrons. The summed E-state index contributed by atoms with van der Waals surface area (Å²) in [6, 6.07) is 12.8. The second-order valence-corrected chi connectivity index (χ2v) is 6.66. The van der Waals surface area contributed by atoms with Gasteiger partial charge in [-0.25, -0.2) is 14.6 Å². The fourth-order valence-electron chi connectivity index (χ4n) is 3.03. The zero-order valence-corrected chi connectivity index (χ0v) is 15.4. The smallest absolute Gasteiger partial charge is 0.292 e. The average Bonchev–Trinajstić information content (AvgIpc) is 2.87. The standard InChI is InChI=1S/C21H20N2O4/c1-13-9-10-17(11-14(13)2)18(24)12-22-19(25)20(26)23(21(22)27)15(3)16-7-5-4-6-8-16/h4-11,15H,12H2,1-3H3. The number of carbonyl (C=O) groups is 4. The molecule has 0 N–H and O–H groups in total. The average molecular weight is 364 g/mol. The van der Waals surface area contributed by atoms with E-state index >= 15 is 0 Å². The van der Waals surface area contributed by atoms with Crippen LogP contribution in [0.5, 0.6) is 0 Å². The van der Waals surface area contributed by atoms with Gasteiger partial charge in [-0.15, -0.1) is 0 Å². The molecule has 1 heterocycles. The summed E-state index contributed by atoms with van der Waals surface area (Å²) in [5, 5.41) is 0. The second-order valence-electron chi connectivity index (χ2n) is 6.66. The number of ketones is 1. The molecule has 0 radical (unpaired) electrons. The molecule has 6 nitrogen and oxygen atoms in total. The van der Waals surface area contributed by atoms with Crippen molar-refractivity contribution in [3.8, 4) is 0 Å². The molecule has 1 fully saturated rings. The van der Waals surface area contributed by atoms with Crippen LogP contribution >= 0.6 is 0 Å². The van der Waals surface area contributed by atoms with E-state index in [0.717, 1.165) is 26.5 Å². The summed E-state index contributed by atoms with van der Waals surface area (Å²) in [7, 11) is 0. The Morgan fingerprint density at radius 2 is 1.59 bits per heavy atom. The molecule has 2 aromatic rings. The lowest BCUT2D eigenvalue weighted by molar-refractivity contribution is -0.143. The van der Waals surface area contributed by atoms with Crippen LogP contribution in [0, 0.1) is 13.8 Å². The maximum Gasteiger partial charge on any atom is 0.335 e. The first-order valence-corrected chi connectivity index (χ1v) is 8.65. The highest BCUT2D eigenvalue weighted by molar-refractivity contribution is 6.45. The van der Waals surface area contributed by atoms with Crippen molar-refractivity contribution in [2.75, 3.05) is 6.54 Å². The fourth-order valence-corrected chi connectivity index (χ4v) is 3.03. The van der Waals surface area contributed by atoms with Crippen LogP contribution in [0.1, 0.15) is 40.0 Å². The largest absolute Gasteiger partial charge is 0.335 e. The van der Waals surface area contributed by atoms with E-state index in [-0.39, 0.29) is 5.78 Å². The minimum absolute atomic E-state index is 0.387. The Labute approximate surface area is 157 Å². The fraction of sp³-hybridized carbons (Fsp3) is 0.238. The molecule has 0 bridgehead atoms. The molecule has 1 aliphatic rings. The Morgan fingerprint density at radius 3 is 2.22 bits per heavy atom. The maximum absolute atomic E-state index is 12.7. The molecule has 1 aliphatic heterocycles. The highest BCUT2D eigenvalue weighted by Gasteiger charge is 2.47. The first-order chi connectivity index (χ1) is 12.8. The minimum atomic E-state index is -0.972. The Bertz CT molecular complexity index is 936. The van der Waals surface area contributed by atoms with E-state index in [9.17, 15) is 19.2 Å². The van der Waals surface area contributed by atoms with Crippen LogP contribution in [0.2, 0.25) is 0 Å². The molecule has 4 amide bonds. The molecular formula is C21H20N2O4. The summed E-state index contributed by atoms with van der Waals surface area (Å²) < 4.78 is 0. The van der Waals surface area contributed by atoms with Crippen LogP contribution in [0.25, 0.3) is 0 Å². The van der Waals surface area contributed by atoms with E-state index in [1.165, 1.54) is 0 Å². The van der Waals surface area contributed by atoms with E-state index in [2.05, 4.69) is 0 Å². The van der Waals surface area contributed by atoms with Gasteiger partial charge in [-0.1, -0.05) is 42.5 Å². The number of nitrogens with zero attached hydrogens (tertiary/aromatic N) is 2. The first kappa shape index (κ1) is 18.5. The molecule has 1 atom stereocenters. The van der Waals surface area contributed by atoms with E-state index in [1.54, 1.807) is 43.3 Å². The summed E-state index contributed by atoms with van der Waals surface area (Å²) in [5.41, 5.74) is 3.11. The van der Waals surface area contributed by atoms with E-state index in [1.807, 2.05) is 26.0 Å². The van der Waals surface area contributed by atoms with Gasteiger partial charge in [-0.05, 0) is 43.5 Å². The lowest BCUT2D eigenvalue weighted by Gasteiger charge is -2.22. The molecule has 27 heavy (non-hydrogen) atoms. The summed E-state index contributed by atoms with van der Waals surface area (Å²) >= 11 is 0. The Balaban J connectivity index is 1.81. The molecule has 0 spiro atoms. The summed E-state index contributed by atoms with van der Waals surface area (Å²) in [5.74, 6) is -2.27.